The van der Waals surface area contributed by atoms with E-state index < -0.39 is 9.84 Å². The fourth-order valence-electron chi connectivity index (χ4n) is 1.58. The van der Waals surface area contributed by atoms with E-state index in [2.05, 4.69) is 5.16 Å². The first-order valence-electron chi connectivity index (χ1n) is 4.28. The zero-order valence-corrected chi connectivity index (χ0v) is 9.22. The summed E-state index contributed by atoms with van der Waals surface area (Å²) in [7, 11) is -3.25. The molecule has 15 heavy (non-hydrogen) atoms. The lowest BCUT2D eigenvalue weighted by atomic mass is 10.1. The third-order valence-corrected chi connectivity index (χ3v) is 4.32. The van der Waals surface area contributed by atoms with Crippen molar-refractivity contribution >= 4 is 27.1 Å². The largest absolute Gasteiger partial charge is 0.411 e. The van der Waals surface area contributed by atoms with Crippen molar-refractivity contribution in [3.05, 3.63) is 28.8 Å². The van der Waals surface area contributed by atoms with Gasteiger partial charge >= 0.3 is 0 Å². The van der Waals surface area contributed by atoms with Crippen molar-refractivity contribution < 1.29 is 13.6 Å². The summed E-state index contributed by atoms with van der Waals surface area (Å²) in [6, 6.07) is 4.46. The highest BCUT2D eigenvalue weighted by Gasteiger charge is 2.27. The SMILES string of the molecule is O=S1(=O)CC/C(=N/O)c2cc(Cl)ccc21. The van der Waals surface area contributed by atoms with Crippen LogP contribution >= 0.6 is 11.6 Å². The summed E-state index contributed by atoms with van der Waals surface area (Å²) < 4.78 is 23.3. The molecular formula is C9H8ClNO3S. The average molecular weight is 246 g/mol. The molecule has 0 fully saturated rings. The Hall–Kier alpha value is -1.07. The quantitative estimate of drug-likeness (QED) is 0.559. The lowest BCUT2D eigenvalue weighted by molar-refractivity contribution is 0.318. The van der Waals surface area contributed by atoms with E-state index in [1.807, 2.05) is 0 Å². The van der Waals surface area contributed by atoms with Gasteiger partial charge in [0.05, 0.1) is 16.4 Å². The van der Waals surface area contributed by atoms with Gasteiger partial charge in [0, 0.05) is 17.0 Å². The van der Waals surface area contributed by atoms with Crippen LogP contribution in [0.2, 0.25) is 5.02 Å². The van der Waals surface area contributed by atoms with Crippen LogP contribution < -0.4 is 0 Å². The molecule has 1 heterocycles. The molecule has 80 valence electrons. The van der Waals surface area contributed by atoms with Crippen molar-refractivity contribution in [3.8, 4) is 0 Å². The maximum Gasteiger partial charge on any atom is 0.179 e. The van der Waals surface area contributed by atoms with Crippen LogP contribution in [-0.4, -0.2) is 25.1 Å². The lowest BCUT2D eigenvalue weighted by Gasteiger charge is -2.16. The zero-order chi connectivity index (χ0) is 11.1. The van der Waals surface area contributed by atoms with Gasteiger partial charge in [0.15, 0.2) is 9.84 Å². The van der Waals surface area contributed by atoms with Gasteiger partial charge in [0.2, 0.25) is 0 Å². The number of sulfone groups is 1. The number of hydrogen-bond donors (Lipinski definition) is 1. The third-order valence-electron chi connectivity index (χ3n) is 2.32. The molecule has 1 aromatic carbocycles. The van der Waals surface area contributed by atoms with Crippen LogP contribution in [0.3, 0.4) is 0 Å². The first-order valence-corrected chi connectivity index (χ1v) is 6.31. The van der Waals surface area contributed by atoms with E-state index in [4.69, 9.17) is 16.8 Å². The van der Waals surface area contributed by atoms with Crippen molar-refractivity contribution in [3.63, 3.8) is 0 Å². The maximum absolute atomic E-state index is 11.7. The molecule has 1 aliphatic heterocycles. The predicted octanol–water partition coefficient (Wildman–Crippen LogP) is 1.70. The fraction of sp³-hybridized carbons (Fsp3) is 0.222. The lowest BCUT2D eigenvalue weighted by Crippen LogP contribution is -2.21. The highest BCUT2D eigenvalue weighted by Crippen LogP contribution is 2.27. The van der Waals surface area contributed by atoms with Gasteiger partial charge in [-0.25, -0.2) is 8.42 Å². The first kappa shape index (κ1) is 10.4. The van der Waals surface area contributed by atoms with Crippen molar-refractivity contribution in [1.29, 1.82) is 0 Å². The molecule has 1 aliphatic rings. The Bertz CT molecular complexity index is 536. The Morgan fingerprint density at radius 3 is 2.80 bits per heavy atom. The van der Waals surface area contributed by atoms with Crippen molar-refractivity contribution in [2.24, 2.45) is 5.16 Å². The van der Waals surface area contributed by atoms with Crippen LogP contribution in [0.5, 0.6) is 0 Å². The van der Waals surface area contributed by atoms with E-state index in [1.54, 1.807) is 0 Å². The van der Waals surface area contributed by atoms with Crippen LogP contribution in [0.4, 0.5) is 0 Å². The molecule has 1 aromatic rings. The number of oxime groups is 1. The van der Waals surface area contributed by atoms with Crippen molar-refractivity contribution in [2.75, 3.05) is 5.75 Å². The van der Waals surface area contributed by atoms with E-state index in [9.17, 15) is 8.42 Å². The minimum atomic E-state index is -3.25. The molecule has 0 spiro atoms. The number of halogens is 1. The summed E-state index contributed by atoms with van der Waals surface area (Å²) in [6.07, 6.45) is 0.214. The number of hydrogen-bond acceptors (Lipinski definition) is 4. The molecule has 6 heteroatoms. The number of nitrogens with zero attached hydrogens (tertiary/aromatic N) is 1. The van der Waals surface area contributed by atoms with Gasteiger partial charge in [0.1, 0.15) is 0 Å². The van der Waals surface area contributed by atoms with Crippen LogP contribution in [0.15, 0.2) is 28.3 Å². The Morgan fingerprint density at radius 2 is 2.13 bits per heavy atom. The fourth-order valence-corrected chi connectivity index (χ4v) is 3.22. The van der Waals surface area contributed by atoms with Gasteiger partial charge in [-0.2, -0.15) is 0 Å². The van der Waals surface area contributed by atoms with Crippen LogP contribution in [0.1, 0.15) is 12.0 Å². The summed E-state index contributed by atoms with van der Waals surface area (Å²) in [4.78, 5) is 0.186. The minimum Gasteiger partial charge on any atom is -0.411 e. The van der Waals surface area contributed by atoms with E-state index >= 15 is 0 Å². The van der Waals surface area contributed by atoms with E-state index in [0.29, 0.717) is 16.3 Å². The van der Waals surface area contributed by atoms with Gasteiger partial charge in [-0.05, 0) is 18.2 Å². The zero-order valence-electron chi connectivity index (χ0n) is 7.64. The number of fused-ring (bicyclic) bond motifs is 1. The molecule has 0 bridgehead atoms. The highest BCUT2D eigenvalue weighted by molar-refractivity contribution is 7.91. The number of benzene rings is 1. The van der Waals surface area contributed by atoms with E-state index in [0.717, 1.165) is 0 Å². The second-order valence-corrected chi connectivity index (χ2v) is 5.77. The van der Waals surface area contributed by atoms with Gasteiger partial charge < -0.3 is 5.21 Å². The molecule has 4 nitrogen and oxygen atoms in total. The molecule has 0 radical (unpaired) electrons. The molecule has 0 unspecified atom stereocenters. The Balaban J connectivity index is 2.75. The van der Waals surface area contributed by atoms with Crippen molar-refractivity contribution in [2.45, 2.75) is 11.3 Å². The van der Waals surface area contributed by atoms with Gasteiger partial charge in [-0.3, -0.25) is 0 Å². The monoisotopic (exact) mass is 245 g/mol. The van der Waals surface area contributed by atoms with Crippen LogP contribution in [0.25, 0.3) is 0 Å². The molecule has 2 rings (SSSR count). The summed E-state index contributed by atoms with van der Waals surface area (Å²) in [5.41, 5.74) is 0.763. The molecule has 0 amide bonds. The number of rotatable bonds is 0. The van der Waals surface area contributed by atoms with Crippen LogP contribution in [0, 0.1) is 0 Å². The standard InChI is InChI=1S/C9H8ClNO3S/c10-6-1-2-9-7(5-6)8(11-12)3-4-15(9,13)14/h1-2,5,12H,3-4H2/b11-8-. The average Bonchev–Trinajstić information content (AvgIpc) is 2.17. The summed E-state index contributed by atoms with van der Waals surface area (Å²) in [5.74, 6) is -0.0268. The molecule has 0 atom stereocenters. The Labute approximate surface area is 92.1 Å². The molecule has 0 aliphatic carbocycles. The summed E-state index contributed by atoms with van der Waals surface area (Å²) in [6.45, 7) is 0. The second kappa shape index (κ2) is 3.50. The highest BCUT2D eigenvalue weighted by atomic mass is 35.5. The first-order chi connectivity index (χ1) is 7.04. The topological polar surface area (TPSA) is 66.7 Å². The van der Waals surface area contributed by atoms with E-state index in [-0.39, 0.29) is 17.1 Å². The smallest absolute Gasteiger partial charge is 0.179 e. The van der Waals surface area contributed by atoms with Gasteiger partial charge in [-0.1, -0.05) is 16.8 Å². The van der Waals surface area contributed by atoms with Crippen molar-refractivity contribution in [1.82, 2.24) is 0 Å². The predicted molar refractivity (Wildman–Crippen MR) is 56.4 cm³/mol. The Morgan fingerprint density at radius 1 is 1.40 bits per heavy atom. The Kier molecular flexibility index (Phi) is 2.44. The van der Waals surface area contributed by atoms with Crippen LogP contribution in [-0.2, 0) is 9.84 Å². The van der Waals surface area contributed by atoms with Gasteiger partial charge in [-0.15, -0.1) is 0 Å². The summed E-state index contributed by atoms with van der Waals surface area (Å²) in [5, 5.41) is 12.3. The molecule has 1 N–H and O–H groups in total. The molecule has 0 saturated heterocycles. The molecule has 0 saturated carbocycles. The van der Waals surface area contributed by atoms with E-state index in [1.165, 1.54) is 18.2 Å². The summed E-state index contributed by atoms with van der Waals surface area (Å²) >= 11 is 5.76. The minimum absolute atomic E-state index is 0.0268. The normalized spacial score (nSPS) is 21.3. The molecule has 0 aromatic heterocycles. The maximum atomic E-state index is 11.7. The molecular weight excluding hydrogens is 238 g/mol. The second-order valence-electron chi connectivity index (χ2n) is 3.26. The third kappa shape index (κ3) is 1.72. The van der Waals surface area contributed by atoms with Gasteiger partial charge in [0.25, 0.3) is 0 Å².